The fourth-order valence-electron chi connectivity index (χ4n) is 11.5. The van der Waals surface area contributed by atoms with E-state index in [0.717, 1.165) is 9.80 Å². The van der Waals surface area contributed by atoms with Crippen LogP contribution in [-0.2, 0) is 57.5 Å². The first-order chi connectivity index (χ1) is 43.0. The summed E-state index contributed by atoms with van der Waals surface area (Å²) in [6.45, 7) is 30.4. The van der Waals surface area contributed by atoms with E-state index in [1.54, 1.807) is 54.5 Å². The standard InChI is InChI=1S/C68H124N12O13/c1-27-29-30-45(15)57(81)56-61(85)71-48(28-2)63(87)78(24)53(38-93-34-33-73(18)19)66(90)75(21)50(35-40(5)6)60(84)72-54(43(11)12)67(91)74(20)49(32-31-39(3)4)59(83)69-46(16)58(82)70-47(17)62(86)76(22)51(36-41(7)8)64(88)77(23)52(37-42(9)10)65(89)79(25)55(44(13)14)68(92)80(56)26/h27,29,39-57,81H,28,30-38H2,1-26H3,(H,69,83)(H,70,82)(H,71,85)(H,72,84)/b29-27+/t45-,46-,47+,48+,49-,50+,51+,52+,53-,54-,55+,56+,57-/m1/s1. The van der Waals surface area contributed by atoms with E-state index in [0.29, 0.717) is 19.4 Å². The van der Waals surface area contributed by atoms with Gasteiger partial charge in [0.1, 0.15) is 66.5 Å². The van der Waals surface area contributed by atoms with E-state index in [2.05, 4.69) is 21.3 Å². The van der Waals surface area contributed by atoms with E-state index in [1.165, 1.54) is 87.7 Å². The molecule has 1 saturated heterocycles. The first-order valence-electron chi connectivity index (χ1n) is 33.6. The fraction of sp³-hybridized carbons (Fsp3) is 0.809. The van der Waals surface area contributed by atoms with E-state index < -0.39 is 155 Å². The van der Waals surface area contributed by atoms with Gasteiger partial charge in [-0.25, -0.2) is 0 Å². The predicted molar refractivity (Wildman–Crippen MR) is 361 cm³/mol. The smallest absolute Gasteiger partial charge is 0.248 e. The van der Waals surface area contributed by atoms with Crippen LogP contribution < -0.4 is 21.3 Å². The summed E-state index contributed by atoms with van der Waals surface area (Å²) in [5.74, 6) is -9.85. The van der Waals surface area contributed by atoms with Gasteiger partial charge in [-0.1, -0.05) is 109 Å². The Bertz CT molecular complexity index is 2510. The molecule has 25 nitrogen and oxygen atoms in total. The molecular weight excluding hydrogens is 1190 g/mol. The molecular formula is C68H124N12O13. The zero-order chi connectivity index (χ0) is 72.0. The maximum Gasteiger partial charge on any atom is 0.248 e. The van der Waals surface area contributed by atoms with Crippen LogP contribution in [0.3, 0.4) is 0 Å². The number of allylic oxidation sites excluding steroid dienone is 2. The van der Waals surface area contributed by atoms with Crippen molar-refractivity contribution in [1.82, 2.24) is 60.5 Å². The number of hydrogen-bond acceptors (Lipinski definition) is 14. The van der Waals surface area contributed by atoms with Crippen LogP contribution in [0.4, 0.5) is 0 Å². The number of ether oxygens (including phenoxy) is 1. The SMILES string of the molecule is C/C=C/C[C@@H](C)[C@@H](O)[C@H]1C(=O)N[C@@H](CC)C(=O)N(C)[C@H](COCCN(C)C)C(=O)N(C)[C@@H](CC(C)C)C(=O)N[C@H](C(C)C)C(=O)N(C)[C@H](CCC(C)C)C(=O)N[C@H](C)C(=O)N[C@@H](C)C(=O)N(C)[C@@H](CC(C)C)C(=O)N(C)[C@@H](CC(C)C)C(=O)N(C)[C@@H](C(C)C)C(=O)N1C. The molecule has 0 radical (unpaired) electrons. The van der Waals surface area contributed by atoms with E-state index in [-0.39, 0.29) is 69.0 Å². The Morgan fingerprint density at radius 2 is 0.925 bits per heavy atom. The van der Waals surface area contributed by atoms with Gasteiger partial charge in [-0.15, -0.1) is 0 Å². The molecule has 0 spiro atoms. The Balaban J connectivity index is 4.54. The number of nitrogens with one attached hydrogen (secondary N) is 4. The summed E-state index contributed by atoms with van der Waals surface area (Å²) in [5.41, 5.74) is 0. The number of hydrogen-bond donors (Lipinski definition) is 5. The topological polar surface area (TPSA) is 291 Å². The van der Waals surface area contributed by atoms with Crippen molar-refractivity contribution in [2.75, 3.05) is 83.2 Å². The molecule has 0 aromatic carbocycles. The first kappa shape index (κ1) is 84.8. The summed E-state index contributed by atoms with van der Waals surface area (Å²) in [6.07, 6.45) is 3.38. The molecule has 1 fully saturated rings. The Hall–Kier alpha value is -6.21. The van der Waals surface area contributed by atoms with Crippen molar-refractivity contribution < 1.29 is 62.6 Å². The third-order valence-corrected chi connectivity index (χ3v) is 17.7. The van der Waals surface area contributed by atoms with Crippen molar-refractivity contribution in [3.8, 4) is 0 Å². The van der Waals surface area contributed by atoms with Crippen molar-refractivity contribution in [2.24, 2.45) is 41.4 Å². The Labute approximate surface area is 557 Å². The molecule has 1 heterocycles. The Morgan fingerprint density at radius 3 is 1.40 bits per heavy atom. The molecule has 93 heavy (non-hydrogen) atoms. The number of carbonyl (C=O) groups excluding carboxylic acids is 11. The minimum atomic E-state index is -1.65. The average Bonchev–Trinajstić information content (AvgIpc) is 1.14. The van der Waals surface area contributed by atoms with E-state index in [4.69, 9.17) is 4.74 Å². The van der Waals surface area contributed by atoms with Crippen LogP contribution in [0.25, 0.3) is 0 Å². The van der Waals surface area contributed by atoms with Gasteiger partial charge in [-0.2, -0.15) is 0 Å². The van der Waals surface area contributed by atoms with Crippen molar-refractivity contribution in [3.05, 3.63) is 12.2 Å². The number of amides is 11. The highest BCUT2D eigenvalue weighted by Crippen LogP contribution is 2.26. The highest BCUT2D eigenvalue weighted by Gasteiger charge is 2.46. The van der Waals surface area contributed by atoms with Crippen LogP contribution in [-0.4, -0.2) is 265 Å². The lowest BCUT2D eigenvalue weighted by Crippen LogP contribution is -2.64. The zero-order valence-corrected chi connectivity index (χ0v) is 61.6. The van der Waals surface area contributed by atoms with Gasteiger partial charge in [0.15, 0.2) is 0 Å². The van der Waals surface area contributed by atoms with Gasteiger partial charge in [0.2, 0.25) is 65.0 Å². The van der Waals surface area contributed by atoms with Gasteiger partial charge < -0.3 is 70.3 Å². The normalized spacial score (nSPS) is 26.5. The molecule has 0 bridgehead atoms. The van der Waals surface area contributed by atoms with Crippen LogP contribution in [0.5, 0.6) is 0 Å². The fourth-order valence-corrected chi connectivity index (χ4v) is 11.5. The summed E-state index contributed by atoms with van der Waals surface area (Å²) in [4.78, 5) is 174. The van der Waals surface area contributed by atoms with Gasteiger partial charge in [-0.3, -0.25) is 52.7 Å². The number of aliphatic hydroxyl groups is 1. The van der Waals surface area contributed by atoms with Crippen molar-refractivity contribution >= 4 is 65.0 Å². The van der Waals surface area contributed by atoms with Gasteiger partial charge >= 0.3 is 0 Å². The van der Waals surface area contributed by atoms with Gasteiger partial charge in [-0.05, 0) is 121 Å². The van der Waals surface area contributed by atoms with Gasteiger partial charge in [0, 0.05) is 55.9 Å². The van der Waals surface area contributed by atoms with Crippen molar-refractivity contribution in [2.45, 2.75) is 235 Å². The Kier molecular flexibility index (Phi) is 36.1. The van der Waals surface area contributed by atoms with Crippen molar-refractivity contribution in [3.63, 3.8) is 0 Å². The number of rotatable bonds is 21. The molecule has 1 aliphatic heterocycles. The lowest BCUT2D eigenvalue weighted by molar-refractivity contribution is -0.157. The molecule has 1 aliphatic rings. The molecule has 5 N–H and O–H groups in total. The molecule has 13 atom stereocenters. The second-order valence-corrected chi connectivity index (χ2v) is 28.5. The molecule has 11 amide bonds. The number of likely N-dealkylation sites (N-methyl/N-ethyl adjacent to an activating group) is 8. The zero-order valence-electron chi connectivity index (χ0n) is 61.6. The maximum atomic E-state index is 15.3. The molecule has 534 valence electrons. The monoisotopic (exact) mass is 1320 g/mol. The second-order valence-electron chi connectivity index (χ2n) is 28.5. The van der Waals surface area contributed by atoms with Crippen molar-refractivity contribution in [1.29, 1.82) is 0 Å². The van der Waals surface area contributed by atoms with Crippen LogP contribution in [0.1, 0.15) is 163 Å². The molecule has 0 saturated carbocycles. The first-order valence-corrected chi connectivity index (χ1v) is 33.6. The molecule has 25 heteroatoms. The predicted octanol–water partition coefficient (Wildman–Crippen LogP) is 3.61. The average molecular weight is 1320 g/mol. The summed E-state index contributed by atoms with van der Waals surface area (Å²) < 4.78 is 6.08. The van der Waals surface area contributed by atoms with Gasteiger partial charge in [0.25, 0.3) is 0 Å². The summed E-state index contributed by atoms with van der Waals surface area (Å²) in [5, 5.41) is 23.4. The van der Waals surface area contributed by atoms with E-state index >= 15 is 28.8 Å². The number of nitrogens with zero attached hydrogens (tertiary/aromatic N) is 8. The molecule has 0 aliphatic carbocycles. The lowest BCUT2D eigenvalue weighted by atomic mass is 9.91. The van der Waals surface area contributed by atoms with E-state index in [1.807, 2.05) is 80.5 Å². The van der Waals surface area contributed by atoms with Crippen LogP contribution in [0.15, 0.2) is 12.2 Å². The Morgan fingerprint density at radius 1 is 0.484 bits per heavy atom. The number of aliphatic hydroxyl groups excluding tert-OH is 1. The number of carbonyl (C=O) groups is 11. The van der Waals surface area contributed by atoms with Crippen LogP contribution >= 0.6 is 0 Å². The highest BCUT2D eigenvalue weighted by molar-refractivity contribution is 6.00. The quantitative estimate of drug-likeness (QED) is 0.0811. The van der Waals surface area contributed by atoms with Crippen LogP contribution in [0.2, 0.25) is 0 Å². The summed E-state index contributed by atoms with van der Waals surface area (Å²) in [7, 11) is 13.6. The van der Waals surface area contributed by atoms with E-state index in [9.17, 15) is 29.1 Å². The third-order valence-electron chi connectivity index (χ3n) is 17.7. The highest BCUT2D eigenvalue weighted by atomic mass is 16.5. The molecule has 0 aromatic rings. The molecule has 1 rings (SSSR count). The molecule has 0 aromatic heterocycles. The lowest BCUT2D eigenvalue weighted by Gasteiger charge is -2.41. The second kappa shape index (κ2) is 39.6. The minimum absolute atomic E-state index is 0.0242. The van der Waals surface area contributed by atoms with Gasteiger partial charge in [0.05, 0.1) is 19.3 Å². The maximum absolute atomic E-state index is 15.3. The third kappa shape index (κ3) is 24.8. The minimum Gasteiger partial charge on any atom is -0.390 e. The largest absolute Gasteiger partial charge is 0.390 e. The molecule has 0 unspecified atom stereocenters. The summed E-state index contributed by atoms with van der Waals surface area (Å²) in [6, 6.07) is -14.1. The summed E-state index contributed by atoms with van der Waals surface area (Å²) >= 11 is 0. The van der Waals surface area contributed by atoms with Crippen LogP contribution in [0, 0.1) is 41.4 Å².